The molecular weight excluding hydrogens is 368 g/mol. The normalized spacial score (nSPS) is 21.3. The first-order valence-electron chi connectivity index (χ1n) is 10.2. The quantitative estimate of drug-likeness (QED) is 0.710. The van der Waals surface area contributed by atoms with E-state index in [0.717, 1.165) is 30.4 Å². The molecule has 1 aliphatic rings. The lowest BCUT2D eigenvalue weighted by Gasteiger charge is -2.37. The van der Waals surface area contributed by atoms with Gasteiger partial charge in [0, 0.05) is 18.0 Å². The van der Waals surface area contributed by atoms with Gasteiger partial charge >= 0.3 is 5.97 Å². The average molecular weight is 396 g/mol. The van der Waals surface area contributed by atoms with E-state index in [4.69, 9.17) is 4.74 Å². The second-order valence-corrected chi connectivity index (χ2v) is 7.76. The Morgan fingerprint density at radius 1 is 1.21 bits per heavy atom. The van der Waals surface area contributed by atoms with Crippen molar-refractivity contribution in [2.75, 3.05) is 0 Å². The number of aliphatic carboxylic acids is 1. The van der Waals surface area contributed by atoms with Crippen molar-refractivity contribution >= 4 is 11.9 Å². The highest BCUT2D eigenvalue weighted by atomic mass is 16.5. The number of hydrogen-bond donors (Lipinski definition) is 2. The Balaban J connectivity index is 1.59. The molecule has 0 radical (unpaired) electrons. The highest BCUT2D eigenvalue weighted by molar-refractivity contribution is 5.88. The Bertz CT molecular complexity index is 830. The fourth-order valence-corrected chi connectivity index (χ4v) is 3.86. The molecule has 2 N–H and O–H groups in total. The van der Waals surface area contributed by atoms with Crippen LogP contribution in [0.3, 0.4) is 0 Å². The van der Waals surface area contributed by atoms with Crippen LogP contribution in [-0.4, -0.2) is 27.5 Å². The molecule has 154 valence electrons. The second-order valence-electron chi connectivity index (χ2n) is 7.76. The molecule has 1 heterocycles. The number of pyridine rings is 1. The Labute approximate surface area is 171 Å². The lowest BCUT2D eigenvalue weighted by Crippen LogP contribution is -2.56. The molecule has 2 aromatic rings. The summed E-state index contributed by atoms with van der Waals surface area (Å²) in [5.41, 5.74) is 0.604. The summed E-state index contributed by atoms with van der Waals surface area (Å²) in [6.07, 6.45) is 7.27. The molecule has 6 heteroatoms. The van der Waals surface area contributed by atoms with Crippen LogP contribution in [0.5, 0.6) is 5.75 Å². The third-order valence-corrected chi connectivity index (χ3v) is 5.72. The minimum atomic E-state index is -1.14. The van der Waals surface area contributed by atoms with Gasteiger partial charge in [0.15, 0.2) is 0 Å². The van der Waals surface area contributed by atoms with Crippen molar-refractivity contribution in [1.82, 2.24) is 10.3 Å². The number of carbonyl (C=O) groups is 2. The van der Waals surface area contributed by atoms with E-state index >= 15 is 0 Å². The summed E-state index contributed by atoms with van der Waals surface area (Å²) in [7, 11) is 0. The predicted octanol–water partition coefficient (Wildman–Crippen LogP) is 3.74. The highest BCUT2D eigenvalue weighted by Gasteiger charge is 2.42. The fraction of sp³-hybridized carbons (Fsp3) is 0.435. The zero-order valence-electron chi connectivity index (χ0n) is 16.8. The van der Waals surface area contributed by atoms with E-state index < -0.39 is 11.5 Å². The summed E-state index contributed by atoms with van der Waals surface area (Å²) < 4.78 is 5.78. The summed E-state index contributed by atoms with van der Waals surface area (Å²) in [5, 5.41) is 12.6. The molecule has 3 rings (SSSR count). The van der Waals surface area contributed by atoms with Crippen molar-refractivity contribution in [3.05, 3.63) is 59.9 Å². The molecule has 0 saturated heterocycles. The molecule has 0 bridgehead atoms. The van der Waals surface area contributed by atoms with Crippen LogP contribution in [0.15, 0.2) is 48.8 Å². The van der Waals surface area contributed by atoms with Gasteiger partial charge in [0.25, 0.3) is 0 Å². The van der Waals surface area contributed by atoms with Crippen molar-refractivity contribution in [3.8, 4) is 5.75 Å². The van der Waals surface area contributed by atoms with E-state index in [1.165, 1.54) is 0 Å². The molecule has 1 saturated carbocycles. The molecule has 1 aliphatic carbocycles. The smallest absolute Gasteiger partial charge is 0.329 e. The molecule has 1 fully saturated rings. The van der Waals surface area contributed by atoms with Gasteiger partial charge in [0.2, 0.25) is 5.91 Å². The van der Waals surface area contributed by atoms with Crippen LogP contribution in [0.4, 0.5) is 0 Å². The number of rotatable bonds is 8. The van der Waals surface area contributed by atoms with E-state index in [9.17, 15) is 14.7 Å². The maximum atomic E-state index is 12.6. The van der Waals surface area contributed by atoms with Crippen LogP contribution in [0.1, 0.15) is 50.2 Å². The standard InChI is InChI=1S/C23H28N2O4/c1-2-17-8-10-23(11-9-17,22(27)28)25-21(26)14-18-5-3-7-20(13-18)29-16-19-6-4-12-24-15-19/h3-7,12-13,15,17H,2,8-11,14,16H2,1H3,(H,25,26)(H,27,28). The Morgan fingerprint density at radius 3 is 2.62 bits per heavy atom. The Morgan fingerprint density at radius 2 is 1.97 bits per heavy atom. The Hall–Kier alpha value is -2.89. The zero-order valence-corrected chi connectivity index (χ0v) is 16.8. The minimum Gasteiger partial charge on any atom is -0.489 e. The second kappa shape index (κ2) is 9.54. The maximum absolute atomic E-state index is 12.6. The molecule has 1 amide bonds. The van der Waals surface area contributed by atoms with Gasteiger partial charge in [0.1, 0.15) is 17.9 Å². The first-order chi connectivity index (χ1) is 14.0. The lowest BCUT2D eigenvalue weighted by atomic mass is 9.75. The first-order valence-corrected chi connectivity index (χ1v) is 10.2. The Kier molecular flexibility index (Phi) is 6.86. The molecule has 0 spiro atoms. The van der Waals surface area contributed by atoms with E-state index in [2.05, 4.69) is 17.2 Å². The van der Waals surface area contributed by atoms with Crippen LogP contribution in [0.2, 0.25) is 0 Å². The predicted molar refractivity (Wildman–Crippen MR) is 109 cm³/mol. The van der Waals surface area contributed by atoms with E-state index in [1.807, 2.05) is 36.4 Å². The average Bonchev–Trinajstić information content (AvgIpc) is 2.73. The third kappa shape index (κ3) is 5.56. The van der Waals surface area contributed by atoms with Crippen molar-refractivity contribution in [2.45, 2.75) is 57.6 Å². The number of nitrogens with one attached hydrogen (secondary N) is 1. The number of ether oxygens (including phenoxy) is 1. The first kappa shape index (κ1) is 20.8. The van der Waals surface area contributed by atoms with Crippen LogP contribution < -0.4 is 10.1 Å². The largest absolute Gasteiger partial charge is 0.489 e. The highest BCUT2D eigenvalue weighted by Crippen LogP contribution is 2.34. The van der Waals surface area contributed by atoms with Crippen molar-refractivity contribution in [1.29, 1.82) is 0 Å². The molecule has 29 heavy (non-hydrogen) atoms. The number of hydrogen-bond acceptors (Lipinski definition) is 4. The van der Waals surface area contributed by atoms with Gasteiger partial charge in [-0.2, -0.15) is 0 Å². The van der Waals surface area contributed by atoms with Crippen molar-refractivity contribution in [3.63, 3.8) is 0 Å². The number of amides is 1. The van der Waals surface area contributed by atoms with Gasteiger partial charge < -0.3 is 15.2 Å². The molecule has 6 nitrogen and oxygen atoms in total. The zero-order chi connectivity index (χ0) is 20.7. The SMILES string of the molecule is CCC1CCC(NC(=O)Cc2cccc(OCc3cccnc3)c2)(C(=O)O)CC1. The fourth-order valence-electron chi connectivity index (χ4n) is 3.86. The van der Waals surface area contributed by atoms with Gasteiger partial charge in [-0.25, -0.2) is 4.79 Å². The summed E-state index contributed by atoms with van der Waals surface area (Å²) >= 11 is 0. The summed E-state index contributed by atoms with van der Waals surface area (Å²) in [5.74, 6) is 0.00397. The number of nitrogens with zero attached hydrogens (tertiary/aromatic N) is 1. The topological polar surface area (TPSA) is 88.5 Å². The van der Waals surface area contributed by atoms with Crippen molar-refractivity contribution in [2.24, 2.45) is 5.92 Å². The van der Waals surface area contributed by atoms with Gasteiger partial charge in [-0.15, -0.1) is 0 Å². The van der Waals surface area contributed by atoms with Crippen LogP contribution >= 0.6 is 0 Å². The summed E-state index contributed by atoms with van der Waals surface area (Å²) in [6, 6.07) is 11.1. The summed E-state index contributed by atoms with van der Waals surface area (Å²) in [6.45, 7) is 2.52. The molecule has 1 aromatic carbocycles. The van der Waals surface area contributed by atoms with Crippen LogP contribution in [0, 0.1) is 5.92 Å². The molecular formula is C23H28N2O4. The van der Waals surface area contributed by atoms with Crippen LogP contribution in [0.25, 0.3) is 0 Å². The van der Waals surface area contributed by atoms with E-state index in [-0.39, 0.29) is 12.3 Å². The van der Waals surface area contributed by atoms with Gasteiger partial charge in [0.05, 0.1) is 6.42 Å². The molecule has 0 unspecified atom stereocenters. The molecule has 0 aliphatic heterocycles. The van der Waals surface area contributed by atoms with Gasteiger partial charge in [-0.05, 0) is 55.4 Å². The minimum absolute atomic E-state index is 0.121. The van der Waals surface area contributed by atoms with Gasteiger partial charge in [-0.3, -0.25) is 9.78 Å². The molecule has 0 atom stereocenters. The number of carbonyl (C=O) groups excluding carboxylic acids is 1. The van der Waals surface area contributed by atoms with Crippen LogP contribution in [-0.2, 0) is 22.6 Å². The number of benzene rings is 1. The van der Waals surface area contributed by atoms with Gasteiger partial charge in [-0.1, -0.05) is 31.5 Å². The third-order valence-electron chi connectivity index (χ3n) is 5.72. The number of carboxylic acid groups (broad SMARTS) is 1. The summed E-state index contributed by atoms with van der Waals surface area (Å²) in [4.78, 5) is 28.6. The number of aromatic nitrogens is 1. The van der Waals surface area contributed by atoms with Crippen molar-refractivity contribution < 1.29 is 19.4 Å². The number of carboxylic acids is 1. The molecule has 1 aromatic heterocycles. The lowest BCUT2D eigenvalue weighted by molar-refractivity contribution is -0.149. The monoisotopic (exact) mass is 396 g/mol. The maximum Gasteiger partial charge on any atom is 0.329 e. The van der Waals surface area contributed by atoms with E-state index in [1.54, 1.807) is 12.4 Å². The van der Waals surface area contributed by atoms with E-state index in [0.29, 0.717) is 31.1 Å².